The lowest BCUT2D eigenvalue weighted by atomic mass is 9.91. The fraction of sp³-hybridized carbons (Fsp3) is 0.0667. The van der Waals surface area contributed by atoms with E-state index < -0.39 is 40.5 Å². The van der Waals surface area contributed by atoms with Crippen LogP contribution < -0.4 is 0 Å². The zero-order valence-electron chi connectivity index (χ0n) is 10.4. The molecule has 0 aliphatic heterocycles. The first kappa shape index (κ1) is 14.7. The topological polar surface area (TPSA) is 40.9 Å². The van der Waals surface area contributed by atoms with Gasteiger partial charge in [0.1, 0.15) is 29.2 Å². The van der Waals surface area contributed by atoms with Crippen molar-refractivity contribution >= 4 is 5.78 Å². The number of Topliss-reactive ketones (excluding diaryl/α,β-unsaturated/α-hetero) is 1. The van der Waals surface area contributed by atoms with Gasteiger partial charge in [-0.1, -0.05) is 12.1 Å². The Labute approximate surface area is 117 Å². The fourth-order valence-electron chi connectivity index (χ4n) is 1.86. The predicted octanol–water partition coefficient (Wildman–Crippen LogP) is 3.73. The standard InChI is InChI=1S/C15H7F4NO/c16-9-3-1-8(2-4-9)11(7-20)15(21)14-12(18)5-10(17)6-13(14)19/h1-6,11H. The largest absolute Gasteiger partial charge is 0.292 e. The molecule has 0 bridgehead atoms. The number of halogens is 4. The summed E-state index contributed by atoms with van der Waals surface area (Å²) in [6.07, 6.45) is 0. The average molecular weight is 293 g/mol. The van der Waals surface area contributed by atoms with Crippen LogP contribution in [0.4, 0.5) is 17.6 Å². The molecule has 106 valence electrons. The van der Waals surface area contributed by atoms with Crippen molar-refractivity contribution in [3.05, 3.63) is 70.8 Å². The number of hydrogen-bond donors (Lipinski definition) is 0. The molecule has 0 aliphatic rings. The van der Waals surface area contributed by atoms with Crippen molar-refractivity contribution in [2.24, 2.45) is 0 Å². The Morgan fingerprint density at radius 2 is 1.48 bits per heavy atom. The molecule has 0 N–H and O–H groups in total. The van der Waals surface area contributed by atoms with Crippen molar-refractivity contribution in [1.29, 1.82) is 5.26 Å². The first-order valence-corrected chi connectivity index (χ1v) is 5.78. The highest BCUT2D eigenvalue weighted by Gasteiger charge is 2.28. The van der Waals surface area contributed by atoms with E-state index in [1.807, 2.05) is 0 Å². The predicted molar refractivity (Wildman–Crippen MR) is 65.4 cm³/mol. The van der Waals surface area contributed by atoms with Gasteiger partial charge in [0.2, 0.25) is 0 Å². The number of benzene rings is 2. The first-order valence-electron chi connectivity index (χ1n) is 5.78. The molecule has 0 saturated carbocycles. The van der Waals surface area contributed by atoms with E-state index in [0.29, 0.717) is 12.1 Å². The molecule has 0 fully saturated rings. The van der Waals surface area contributed by atoms with Crippen molar-refractivity contribution in [3.8, 4) is 6.07 Å². The van der Waals surface area contributed by atoms with Crippen LogP contribution in [0.5, 0.6) is 0 Å². The minimum atomic E-state index is -1.51. The molecule has 1 unspecified atom stereocenters. The Morgan fingerprint density at radius 3 is 1.95 bits per heavy atom. The molecule has 2 nitrogen and oxygen atoms in total. The molecule has 0 spiro atoms. The van der Waals surface area contributed by atoms with Gasteiger partial charge in [0.05, 0.1) is 11.6 Å². The van der Waals surface area contributed by atoms with E-state index in [1.54, 1.807) is 6.07 Å². The maximum absolute atomic E-state index is 13.6. The maximum Gasteiger partial charge on any atom is 0.190 e. The molecule has 0 radical (unpaired) electrons. The number of carbonyl (C=O) groups is 1. The molecule has 0 heterocycles. The van der Waals surface area contributed by atoms with Gasteiger partial charge in [0, 0.05) is 12.1 Å². The quantitative estimate of drug-likeness (QED) is 0.639. The van der Waals surface area contributed by atoms with E-state index >= 15 is 0 Å². The van der Waals surface area contributed by atoms with E-state index in [1.165, 1.54) is 12.1 Å². The van der Waals surface area contributed by atoms with E-state index in [4.69, 9.17) is 5.26 Å². The van der Waals surface area contributed by atoms with E-state index in [0.717, 1.165) is 12.1 Å². The van der Waals surface area contributed by atoms with Gasteiger partial charge >= 0.3 is 0 Å². The van der Waals surface area contributed by atoms with Crippen molar-refractivity contribution < 1.29 is 22.4 Å². The highest BCUT2D eigenvalue weighted by atomic mass is 19.1. The Kier molecular flexibility index (Phi) is 4.03. The van der Waals surface area contributed by atoms with Crippen LogP contribution >= 0.6 is 0 Å². The maximum atomic E-state index is 13.6. The van der Waals surface area contributed by atoms with Crippen molar-refractivity contribution in [1.82, 2.24) is 0 Å². The van der Waals surface area contributed by atoms with Crippen LogP contribution in [0.1, 0.15) is 21.8 Å². The minimum absolute atomic E-state index is 0.0898. The van der Waals surface area contributed by atoms with Crippen molar-refractivity contribution in [2.75, 3.05) is 0 Å². The third-order valence-corrected chi connectivity index (χ3v) is 2.85. The summed E-state index contributed by atoms with van der Waals surface area (Å²) < 4.78 is 52.8. The van der Waals surface area contributed by atoms with Crippen molar-refractivity contribution in [3.63, 3.8) is 0 Å². The highest BCUT2D eigenvalue weighted by molar-refractivity contribution is 6.03. The molecular formula is C15H7F4NO. The number of nitrogens with zero attached hydrogens (tertiary/aromatic N) is 1. The lowest BCUT2D eigenvalue weighted by Crippen LogP contribution is -2.15. The second kappa shape index (κ2) is 5.75. The summed E-state index contributed by atoms with van der Waals surface area (Å²) >= 11 is 0. The number of rotatable bonds is 3. The van der Waals surface area contributed by atoms with Gasteiger partial charge in [-0.05, 0) is 17.7 Å². The fourth-order valence-corrected chi connectivity index (χ4v) is 1.86. The van der Waals surface area contributed by atoms with Gasteiger partial charge in [-0.2, -0.15) is 5.26 Å². The number of ketones is 1. The van der Waals surface area contributed by atoms with E-state index in [-0.39, 0.29) is 5.56 Å². The van der Waals surface area contributed by atoms with Crippen molar-refractivity contribution in [2.45, 2.75) is 5.92 Å². The van der Waals surface area contributed by atoms with E-state index in [9.17, 15) is 22.4 Å². The lowest BCUT2D eigenvalue weighted by Gasteiger charge is -2.10. The van der Waals surface area contributed by atoms with Gasteiger partial charge in [0.15, 0.2) is 5.78 Å². The molecule has 0 aromatic heterocycles. The second-order valence-electron chi connectivity index (χ2n) is 4.22. The zero-order chi connectivity index (χ0) is 15.6. The summed E-state index contributed by atoms with van der Waals surface area (Å²) in [7, 11) is 0. The SMILES string of the molecule is N#CC(C(=O)c1c(F)cc(F)cc1F)c1ccc(F)cc1. The Bertz CT molecular complexity index is 711. The van der Waals surface area contributed by atoms with Gasteiger partial charge < -0.3 is 0 Å². The molecule has 1 atom stereocenters. The smallest absolute Gasteiger partial charge is 0.190 e. The van der Waals surface area contributed by atoms with Gasteiger partial charge in [0.25, 0.3) is 0 Å². The molecule has 21 heavy (non-hydrogen) atoms. The van der Waals surface area contributed by atoms with Gasteiger partial charge in [-0.3, -0.25) is 4.79 Å². The van der Waals surface area contributed by atoms with Crippen LogP contribution in [0.2, 0.25) is 0 Å². The summed E-state index contributed by atoms with van der Waals surface area (Å²) in [6.45, 7) is 0. The summed E-state index contributed by atoms with van der Waals surface area (Å²) in [5, 5.41) is 9.03. The average Bonchev–Trinajstić information content (AvgIpc) is 2.40. The van der Waals surface area contributed by atoms with Crippen LogP contribution in [0.25, 0.3) is 0 Å². The molecule has 6 heteroatoms. The first-order chi connectivity index (χ1) is 9.93. The monoisotopic (exact) mass is 293 g/mol. The van der Waals surface area contributed by atoms with Crippen LogP contribution in [0.3, 0.4) is 0 Å². The van der Waals surface area contributed by atoms with Crippen LogP contribution in [0, 0.1) is 34.6 Å². The molecule has 0 amide bonds. The van der Waals surface area contributed by atoms with E-state index in [2.05, 4.69) is 0 Å². The molecule has 0 saturated heterocycles. The second-order valence-corrected chi connectivity index (χ2v) is 4.22. The third kappa shape index (κ3) is 2.92. The summed E-state index contributed by atoms with van der Waals surface area (Å²) in [4.78, 5) is 12.1. The molecule has 2 rings (SSSR count). The summed E-state index contributed by atoms with van der Waals surface area (Å²) in [5.74, 6) is -7.20. The molecule has 2 aromatic rings. The normalized spacial score (nSPS) is 11.8. The molecule has 0 aliphatic carbocycles. The number of hydrogen-bond acceptors (Lipinski definition) is 2. The zero-order valence-corrected chi connectivity index (χ0v) is 10.4. The van der Waals surface area contributed by atoms with Crippen LogP contribution in [0.15, 0.2) is 36.4 Å². The summed E-state index contributed by atoms with van der Waals surface area (Å²) in [6, 6.07) is 6.69. The number of carbonyl (C=O) groups excluding carboxylic acids is 1. The Morgan fingerprint density at radius 1 is 0.952 bits per heavy atom. The highest BCUT2D eigenvalue weighted by Crippen LogP contribution is 2.24. The van der Waals surface area contributed by atoms with Gasteiger partial charge in [-0.25, -0.2) is 17.6 Å². The summed E-state index contributed by atoms with van der Waals surface area (Å²) in [5.41, 5.74) is -0.903. The third-order valence-electron chi connectivity index (χ3n) is 2.85. The lowest BCUT2D eigenvalue weighted by molar-refractivity contribution is 0.0970. The molecule has 2 aromatic carbocycles. The Hall–Kier alpha value is -2.68. The van der Waals surface area contributed by atoms with Gasteiger partial charge in [-0.15, -0.1) is 0 Å². The van der Waals surface area contributed by atoms with Crippen LogP contribution in [-0.4, -0.2) is 5.78 Å². The Balaban J connectivity index is 2.47. The molecular weight excluding hydrogens is 286 g/mol. The van der Waals surface area contributed by atoms with Crippen LogP contribution in [-0.2, 0) is 0 Å². The minimum Gasteiger partial charge on any atom is -0.292 e. The number of nitriles is 1.